The average molecular weight is 504 g/mol. The van der Waals surface area contributed by atoms with Crippen molar-refractivity contribution in [1.82, 2.24) is 24.7 Å². The second-order valence-electron chi connectivity index (χ2n) is 7.82. The highest BCUT2D eigenvalue weighted by Gasteiger charge is 2.33. The summed E-state index contributed by atoms with van der Waals surface area (Å²) in [6.45, 7) is 1.11. The second kappa shape index (κ2) is 15.8. The lowest BCUT2D eigenvalue weighted by Gasteiger charge is -2.29. The molecule has 0 aromatic rings. The molecule has 0 spiro atoms. The number of hydrogen-bond donors (Lipinski definition) is 3. The maximum atomic E-state index is 12.4. The zero-order valence-corrected chi connectivity index (χ0v) is 19.7. The van der Waals surface area contributed by atoms with Gasteiger partial charge in [-0.1, -0.05) is 0 Å². The van der Waals surface area contributed by atoms with E-state index in [4.69, 9.17) is 9.94 Å². The molecule has 2 fully saturated rings. The summed E-state index contributed by atoms with van der Waals surface area (Å²) in [5, 5.41) is 25.8. The number of aliphatic hydroxyl groups excluding tert-OH is 1. The van der Waals surface area contributed by atoms with Crippen LogP contribution in [0.3, 0.4) is 0 Å². The van der Waals surface area contributed by atoms with E-state index in [9.17, 15) is 39.0 Å². The first kappa shape index (κ1) is 30.1. The van der Waals surface area contributed by atoms with Crippen molar-refractivity contribution in [1.29, 1.82) is 0 Å². The number of imide groups is 1. The summed E-state index contributed by atoms with van der Waals surface area (Å²) in [6, 6.07) is 0. The van der Waals surface area contributed by atoms with Crippen LogP contribution in [0.15, 0.2) is 0 Å². The molecule has 15 heteroatoms. The molecule has 0 aromatic carbocycles. The van der Waals surface area contributed by atoms with Crippen molar-refractivity contribution in [2.75, 3.05) is 79.2 Å². The molecule has 2 aliphatic rings. The van der Waals surface area contributed by atoms with Crippen molar-refractivity contribution in [3.05, 3.63) is 0 Å². The number of hydrogen-bond acceptors (Lipinski definition) is 12. The number of aliphatic carboxylic acids is 2. The molecular formula is C20H33N5O10. The van der Waals surface area contributed by atoms with E-state index in [1.807, 2.05) is 0 Å². The fourth-order valence-corrected chi connectivity index (χ4v) is 3.55. The molecule has 2 aliphatic heterocycles. The van der Waals surface area contributed by atoms with Crippen LogP contribution in [0.2, 0.25) is 0 Å². The lowest BCUT2D eigenvalue weighted by Crippen LogP contribution is -2.46. The van der Waals surface area contributed by atoms with Gasteiger partial charge in [0.1, 0.15) is 6.29 Å². The molecule has 0 unspecified atom stereocenters. The molecule has 2 heterocycles. The number of carboxylic acid groups (broad SMARTS) is 2. The van der Waals surface area contributed by atoms with E-state index in [0.29, 0.717) is 17.9 Å². The molecule has 0 saturated carbocycles. The second-order valence-corrected chi connectivity index (χ2v) is 7.82. The Morgan fingerprint density at radius 2 is 1.20 bits per heavy atom. The van der Waals surface area contributed by atoms with Crippen molar-refractivity contribution in [3.63, 3.8) is 0 Å². The predicted molar refractivity (Wildman–Crippen MR) is 118 cm³/mol. The minimum absolute atomic E-state index is 0.0204. The van der Waals surface area contributed by atoms with Gasteiger partial charge in [-0.15, -0.1) is 5.06 Å². The van der Waals surface area contributed by atoms with Gasteiger partial charge in [-0.25, -0.2) is 4.79 Å². The number of amides is 2. The number of hydroxylamine groups is 2. The molecule has 2 saturated heterocycles. The minimum atomic E-state index is -1.05. The average Bonchev–Trinajstić information content (AvgIpc) is 3.09. The van der Waals surface area contributed by atoms with Gasteiger partial charge in [-0.3, -0.25) is 38.8 Å². The molecule has 0 radical (unpaired) electrons. The molecule has 35 heavy (non-hydrogen) atoms. The maximum absolute atomic E-state index is 12.4. The van der Waals surface area contributed by atoms with Crippen LogP contribution in [-0.2, 0) is 33.6 Å². The van der Waals surface area contributed by atoms with Gasteiger partial charge in [-0.05, 0) is 0 Å². The molecule has 0 atom stereocenters. The largest absolute Gasteiger partial charge is 0.480 e. The van der Waals surface area contributed by atoms with Crippen LogP contribution in [-0.4, -0.2) is 155 Å². The van der Waals surface area contributed by atoms with Crippen molar-refractivity contribution < 1.29 is 48.9 Å². The monoisotopic (exact) mass is 503 g/mol. The molecule has 0 aliphatic carbocycles. The van der Waals surface area contributed by atoms with Gasteiger partial charge in [0, 0.05) is 59.2 Å². The number of aldehydes is 1. The van der Waals surface area contributed by atoms with Crippen molar-refractivity contribution in [2.24, 2.45) is 0 Å². The Morgan fingerprint density at radius 3 is 1.69 bits per heavy atom. The zero-order valence-electron chi connectivity index (χ0n) is 19.7. The molecule has 198 valence electrons. The summed E-state index contributed by atoms with van der Waals surface area (Å²) in [5.41, 5.74) is 0. The standard InChI is InChI=1S/C19H29N5O9.CH4O/c25-10-9-22-7-5-21(13-19(32)33-24-15(26)1-2-16(24)27)4-3-20(11-17(28)29)6-8-23(14-22)12-18(30)31;1-2/h10H,1-9,11-14H2,(H,28,29)(H,30,31);2H,1H3. The number of aliphatic hydroxyl groups is 1. The van der Waals surface area contributed by atoms with E-state index in [-0.39, 0.29) is 78.4 Å². The van der Waals surface area contributed by atoms with Crippen LogP contribution in [0.1, 0.15) is 12.8 Å². The van der Waals surface area contributed by atoms with Gasteiger partial charge >= 0.3 is 17.9 Å². The van der Waals surface area contributed by atoms with E-state index in [0.717, 1.165) is 7.11 Å². The van der Waals surface area contributed by atoms with Crippen LogP contribution in [0.5, 0.6) is 0 Å². The molecule has 2 rings (SSSR count). The van der Waals surface area contributed by atoms with Crippen LogP contribution >= 0.6 is 0 Å². The van der Waals surface area contributed by atoms with E-state index in [1.54, 1.807) is 19.6 Å². The SMILES string of the molecule is CO.O=CCN1CCN(CC(=O)ON2C(=O)CCC2=O)CCN(CC(=O)O)CCN(CC(=O)O)C1. The summed E-state index contributed by atoms with van der Waals surface area (Å²) < 4.78 is 0. The first-order valence-corrected chi connectivity index (χ1v) is 11.0. The third kappa shape index (κ3) is 11.3. The molecular weight excluding hydrogens is 470 g/mol. The molecule has 0 aromatic heterocycles. The molecule has 15 nitrogen and oxygen atoms in total. The van der Waals surface area contributed by atoms with Crippen LogP contribution in [0.4, 0.5) is 0 Å². The zero-order chi connectivity index (χ0) is 26.4. The highest BCUT2D eigenvalue weighted by atomic mass is 16.7. The molecule has 0 bridgehead atoms. The summed E-state index contributed by atoms with van der Waals surface area (Å²) in [7, 11) is 1.00. The third-order valence-corrected chi connectivity index (χ3v) is 5.20. The topological polar surface area (TPSA) is 189 Å². The van der Waals surface area contributed by atoms with Crippen molar-refractivity contribution >= 4 is 36.0 Å². The van der Waals surface area contributed by atoms with E-state index < -0.39 is 29.7 Å². The fourth-order valence-electron chi connectivity index (χ4n) is 3.55. The van der Waals surface area contributed by atoms with Gasteiger partial charge in [0.15, 0.2) is 0 Å². The highest BCUT2D eigenvalue weighted by Crippen LogP contribution is 2.12. The Labute approximate surface area is 202 Å². The Balaban J connectivity index is 0.00000298. The summed E-state index contributed by atoms with van der Waals surface area (Å²) in [5.74, 6) is -4.08. The smallest absolute Gasteiger partial charge is 0.347 e. The number of carboxylic acids is 2. The van der Waals surface area contributed by atoms with Crippen molar-refractivity contribution in [2.45, 2.75) is 12.8 Å². The van der Waals surface area contributed by atoms with Crippen LogP contribution in [0, 0.1) is 0 Å². The third-order valence-electron chi connectivity index (χ3n) is 5.20. The molecule has 2 amide bonds. The lowest BCUT2D eigenvalue weighted by atomic mass is 10.3. The predicted octanol–water partition coefficient (Wildman–Crippen LogP) is -3.25. The van der Waals surface area contributed by atoms with E-state index in [1.165, 1.54) is 0 Å². The Kier molecular flexibility index (Phi) is 13.6. The Hall–Kier alpha value is -2.98. The summed E-state index contributed by atoms with van der Waals surface area (Å²) in [6.07, 6.45) is 0.652. The maximum Gasteiger partial charge on any atom is 0.347 e. The number of carbonyl (C=O) groups is 6. The van der Waals surface area contributed by atoms with Gasteiger partial charge < -0.3 is 25.0 Å². The van der Waals surface area contributed by atoms with E-state index in [2.05, 4.69) is 0 Å². The van der Waals surface area contributed by atoms with Crippen LogP contribution < -0.4 is 0 Å². The number of rotatable bonds is 9. The van der Waals surface area contributed by atoms with E-state index >= 15 is 0 Å². The summed E-state index contributed by atoms with van der Waals surface area (Å²) >= 11 is 0. The van der Waals surface area contributed by atoms with Crippen molar-refractivity contribution in [3.8, 4) is 0 Å². The van der Waals surface area contributed by atoms with Crippen LogP contribution in [0.25, 0.3) is 0 Å². The van der Waals surface area contributed by atoms with Gasteiger partial charge in [-0.2, -0.15) is 0 Å². The quantitative estimate of drug-likeness (QED) is 0.210. The number of carbonyl (C=O) groups excluding carboxylic acids is 4. The fraction of sp³-hybridized carbons (Fsp3) is 0.700. The highest BCUT2D eigenvalue weighted by molar-refractivity contribution is 6.01. The van der Waals surface area contributed by atoms with Gasteiger partial charge in [0.25, 0.3) is 11.8 Å². The lowest BCUT2D eigenvalue weighted by molar-refractivity contribution is -0.198. The number of nitrogens with zero attached hydrogens (tertiary/aromatic N) is 5. The molecule has 3 N–H and O–H groups in total. The Bertz CT molecular complexity index is 749. The Morgan fingerprint density at radius 1 is 0.771 bits per heavy atom. The minimum Gasteiger partial charge on any atom is -0.480 e. The van der Waals surface area contributed by atoms with Gasteiger partial charge in [0.2, 0.25) is 0 Å². The summed E-state index contributed by atoms with van der Waals surface area (Å²) in [4.78, 5) is 80.8. The first-order valence-electron chi connectivity index (χ1n) is 11.0. The first-order chi connectivity index (χ1) is 16.7. The normalized spacial score (nSPS) is 19.4. The van der Waals surface area contributed by atoms with Gasteiger partial charge in [0.05, 0.1) is 32.8 Å².